The van der Waals surface area contributed by atoms with E-state index in [2.05, 4.69) is 82.7 Å². The number of aryl methyl sites for hydroxylation is 20. The van der Waals surface area contributed by atoms with Gasteiger partial charge in [-0.1, -0.05) is 0 Å². The maximum atomic E-state index is 4.97. The van der Waals surface area contributed by atoms with Gasteiger partial charge in [0.2, 0.25) is 0 Å². The van der Waals surface area contributed by atoms with Crippen molar-refractivity contribution in [2.24, 2.45) is 7.05 Å². The molecule has 12 aromatic heterocycles. The Morgan fingerprint density at radius 3 is 1.19 bits per heavy atom. The van der Waals surface area contributed by atoms with Crippen molar-refractivity contribution in [1.82, 2.24) is 64.6 Å². The third-order valence-corrected chi connectivity index (χ3v) is 11.6. The van der Waals surface area contributed by atoms with Crippen molar-refractivity contribution >= 4 is 45.3 Å². The zero-order valence-electron chi connectivity index (χ0n) is 49.6. The molecule has 0 unspecified atom stereocenters. The van der Waals surface area contributed by atoms with Crippen LogP contribution in [0.3, 0.4) is 0 Å². The highest BCUT2D eigenvalue weighted by Gasteiger charge is 1.93. The lowest BCUT2D eigenvalue weighted by atomic mass is 10.4. The van der Waals surface area contributed by atoms with Gasteiger partial charge in [-0.25, -0.2) is 44.9 Å². The minimum absolute atomic E-state index is 0.718. The molecule has 20 nitrogen and oxygen atoms in total. The maximum absolute atomic E-state index is 4.97. The lowest BCUT2D eigenvalue weighted by Crippen LogP contribution is -1.91. The van der Waals surface area contributed by atoms with Crippen molar-refractivity contribution in [2.75, 3.05) is 0 Å². The zero-order valence-corrected chi connectivity index (χ0v) is 52.9. The van der Waals surface area contributed by atoms with E-state index in [1.807, 2.05) is 152 Å². The van der Waals surface area contributed by atoms with Crippen molar-refractivity contribution in [1.29, 1.82) is 0 Å². The van der Waals surface area contributed by atoms with E-state index in [0.717, 1.165) is 95.9 Å². The second kappa shape index (κ2) is 41.3. The molecule has 432 valence electrons. The number of thiazole rings is 4. The van der Waals surface area contributed by atoms with E-state index in [1.54, 1.807) is 108 Å². The highest BCUT2D eigenvalue weighted by atomic mass is 32.1. The average Bonchev–Trinajstić information content (AvgIpc) is 4.21. The summed E-state index contributed by atoms with van der Waals surface area (Å²) in [6, 6.07) is 2.06. The van der Waals surface area contributed by atoms with Gasteiger partial charge in [0.1, 0.15) is 42.3 Å². The Labute approximate surface area is 486 Å². The number of oxazole rings is 7. The van der Waals surface area contributed by atoms with E-state index < -0.39 is 0 Å². The van der Waals surface area contributed by atoms with Crippen LogP contribution >= 0.6 is 45.3 Å². The molecule has 0 radical (unpaired) electrons. The molecule has 12 aromatic rings. The van der Waals surface area contributed by atoms with Crippen LogP contribution in [-0.4, -0.2) is 64.6 Å². The Morgan fingerprint density at radius 1 is 0.438 bits per heavy atom. The van der Waals surface area contributed by atoms with Crippen LogP contribution in [0.4, 0.5) is 0 Å². The Balaban J connectivity index is 0.000000437. The zero-order chi connectivity index (χ0) is 59.8. The molecule has 24 heteroatoms. The molecule has 0 aromatic carbocycles. The molecule has 0 saturated carbocycles. The van der Waals surface area contributed by atoms with Crippen LogP contribution in [0.1, 0.15) is 106 Å². The van der Waals surface area contributed by atoms with Gasteiger partial charge in [0.25, 0.3) is 0 Å². The number of aromatic nitrogens is 13. The van der Waals surface area contributed by atoms with Crippen LogP contribution in [0.15, 0.2) is 134 Å². The van der Waals surface area contributed by atoms with Crippen molar-refractivity contribution in [3.8, 4) is 0 Å². The highest BCUT2D eigenvalue weighted by Crippen LogP contribution is 2.08. The fraction of sp³-hybridized carbons (Fsp3) is 0.357. The lowest BCUT2D eigenvalue weighted by molar-refractivity contribution is 0.494. The summed E-state index contributed by atoms with van der Waals surface area (Å²) in [4.78, 5) is 44.1. The first kappa shape index (κ1) is 70.2. The summed E-state index contributed by atoms with van der Waals surface area (Å²) < 4.78 is 35.6. The van der Waals surface area contributed by atoms with E-state index in [4.69, 9.17) is 26.5 Å². The molecule has 0 N–H and O–H groups in total. The van der Waals surface area contributed by atoms with Gasteiger partial charge in [-0.15, -0.1) is 45.3 Å². The van der Waals surface area contributed by atoms with Crippen molar-refractivity contribution in [3.63, 3.8) is 0 Å². The van der Waals surface area contributed by atoms with E-state index in [1.165, 1.54) is 23.4 Å². The molecule has 0 saturated heterocycles. The highest BCUT2D eigenvalue weighted by molar-refractivity contribution is 7.11. The van der Waals surface area contributed by atoms with Gasteiger partial charge in [-0.05, 0) is 103 Å². The summed E-state index contributed by atoms with van der Waals surface area (Å²) in [5.74, 6) is 6.25. The largest absolute Gasteiger partial charge is 0.452 e. The molecule has 12 heterocycles. The topological polar surface area (TPSA) is 252 Å². The number of nitrogens with zero attached hydrogens (tertiary/aromatic N) is 13. The summed E-state index contributed by atoms with van der Waals surface area (Å²) >= 11 is 6.72. The molecular weight excluding hydrogens is 1090 g/mol. The standard InChI is InChI=1S/C6H10N2.4C5H7NO.2C5H7NS.3C4H5NO.2C4H5NS/c1-5-4-6(2)8(3)7-5;2*1-4-3-7-5(2)6-4;2*1-4-3-6-5(2)7-4;1-4-3-7-5(2)6-4;1-4-3-6-5(2)7-4;1-4-2-6-3-5-4;1-4-2-5-3-6-4;1-4-5-2-3-6-4;1-4-2-6-3-5-4;1-4-5-2-3-6-4/h4H,1-3H3;6*3H,1-2H3;5*2-3H,1H3. The number of hydrogen-bond acceptors (Lipinski definition) is 23. The SMILES string of the molecule is Cc1cc(C)n(C)n1.Cc1cnc(C)o1.Cc1cnc(C)o1.Cc1cnc(C)s1.Cc1cnco1.Cc1coc(C)n1.Cc1coc(C)n1.Cc1cocn1.Cc1csc(C)n1.Cc1cscn1.Cc1ncco1.Cc1nccs1. The Kier molecular flexibility index (Phi) is 36.2. The van der Waals surface area contributed by atoms with Crippen molar-refractivity contribution < 1.29 is 30.9 Å². The van der Waals surface area contributed by atoms with Crippen LogP contribution in [-0.2, 0) is 7.05 Å². The minimum Gasteiger partial charge on any atom is -0.452 e. The molecule has 0 aliphatic rings. The Hall–Kier alpha value is -7.80. The van der Waals surface area contributed by atoms with Crippen molar-refractivity contribution in [2.45, 2.75) is 132 Å². The van der Waals surface area contributed by atoms with Gasteiger partial charge in [-0.3, -0.25) is 14.6 Å². The summed E-state index contributed by atoms with van der Waals surface area (Å²) in [6.45, 7) is 36.5. The van der Waals surface area contributed by atoms with E-state index in [9.17, 15) is 0 Å². The third-order valence-electron chi connectivity index (χ3n) is 8.43. The predicted molar refractivity (Wildman–Crippen MR) is 317 cm³/mol. The molecule has 0 aliphatic carbocycles. The number of rotatable bonds is 0. The number of hydrogen-bond donors (Lipinski definition) is 0. The fourth-order valence-electron chi connectivity index (χ4n) is 4.97. The average molecular weight is 1170 g/mol. The fourth-order valence-corrected chi connectivity index (χ4v) is 7.23. The van der Waals surface area contributed by atoms with Gasteiger partial charge in [-0.2, -0.15) is 5.10 Å². The summed E-state index contributed by atoms with van der Waals surface area (Å²) in [5.41, 5.74) is 9.18. The first-order valence-corrected chi connectivity index (χ1v) is 28.0. The lowest BCUT2D eigenvalue weighted by Gasteiger charge is -1.87. The van der Waals surface area contributed by atoms with Gasteiger partial charge < -0.3 is 30.9 Å². The summed E-state index contributed by atoms with van der Waals surface area (Å²) in [5, 5.41) is 13.6. The van der Waals surface area contributed by atoms with Crippen LogP contribution in [0.5, 0.6) is 0 Å². The normalized spacial score (nSPS) is 9.25. The van der Waals surface area contributed by atoms with Crippen LogP contribution < -0.4 is 0 Å². The molecule has 0 spiro atoms. The van der Waals surface area contributed by atoms with E-state index in [0.29, 0.717) is 0 Å². The summed E-state index contributed by atoms with van der Waals surface area (Å²) in [6.07, 6.45) is 19.6. The quantitative estimate of drug-likeness (QED) is 0.137. The van der Waals surface area contributed by atoms with E-state index in [-0.39, 0.29) is 0 Å². The van der Waals surface area contributed by atoms with Crippen LogP contribution in [0.2, 0.25) is 0 Å². The molecule has 12 rings (SSSR count). The molecule has 80 heavy (non-hydrogen) atoms. The van der Waals surface area contributed by atoms with Crippen LogP contribution in [0, 0.1) is 132 Å². The van der Waals surface area contributed by atoms with Gasteiger partial charge in [0.05, 0.1) is 68.1 Å². The molecule has 0 atom stereocenters. The van der Waals surface area contributed by atoms with Gasteiger partial charge >= 0.3 is 0 Å². The van der Waals surface area contributed by atoms with Crippen LogP contribution in [0.25, 0.3) is 0 Å². The van der Waals surface area contributed by atoms with Gasteiger partial charge in [0.15, 0.2) is 42.2 Å². The molecular formula is C56H77N13O7S4. The second-order valence-corrected chi connectivity index (χ2v) is 20.8. The van der Waals surface area contributed by atoms with Crippen molar-refractivity contribution in [3.05, 3.63) is 209 Å². The monoisotopic (exact) mass is 1170 g/mol. The molecule has 0 amide bonds. The predicted octanol–water partition coefficient (Wildman–Crippen LogP) is 15.6. The molecule has 0 aliphatic heterocycles. The first-order valence-electron chi connectivity index (χ1n) is 24.5. The summed E-state index contributed by atoms with van der Waals surface area (Å²) in [7, 11) is 1.95. The van der Waals surface area contributed by atoms with E-state index >= 15 is 0 Å². The molecule has 0 bridgehead atoms. The maximum Gasteiger partial charge on any atom is 0.191 e. The second-order valence-electron chi connectivity index (χ2n) is 16.5. The third kappa shape index (κ3) is 38.7. The molecule has 0 fully saturated rings. The smallest absolute Gasteiger partial charge is 0.191 e. The minimum atomic E-state index is 0.718. The first-order chi connectivity index (χ1) is 37.9. The Morgan fingerprint density at radius 2 is 1.06 bits per heavy atom. The Bertz CT molecular complexity index is 2650. The van der Waals surface area contributed by atoms with Gasteiger partial charge in [0, 0.05) is 92.2 Å².